The zero-order valence-electron chi connectivity index (χ0n) is 9.67. The fourth-order valence-corrected chi connectivity index (χ4v) is 3.53. The van der Waals surface area contributed by atoms with Gasteiger partial charge in [-0.15, -0.1) is 0 Å². The predicted octanol–water partition coefficient (Wildman–Crippen LogP) is 3.46. The highest BCUT2D eigenvalue weighted by molar-refractivity contribution is 5.68. The van der Waals surface area contributed by atoms with Crippen LogP contribution < -0.4 is 0 Å². The lowest BCUT2D eigenvalue weighted by atomic mass is 9.55. The van der Waals surface area contributed by atoms with Crippen LogP contribution in [0.2, 0.25) is 0 Å². The Labute approximate surface area is 92.1 Å². The van der Waals surface area contributed by atoms with Gasteiger partial charge in [0.1, 0.15) is 0 Å². The van der Waals surface area contributed by atoms with Gasteiger partial charge in [0.25, 0.3) is 0 Å². The molecule has 0 aromatic heterocycles. The molecule has 2 aliphatic carbocycles. The minimum Gasteiger partial charge on any atom is -0.481 e. The van der Waals surface area contributed by atoms with Crippen LogP contribution in [-0.2, 0) is 4.79 Å². The molecule has 0 atom stereocenters. The van der Waals surface area contributed by atoms with Gasteiger partial charge in [-0.1, -0.05) is 26.2 Å². The summed E-state index contributed by atoms with van der Waals surface area (Å²) in [7, 11) is 0. The number of hydrogen-bond acceptors (Lipinski definition) is 1. The summed E-state index contributed by atoms with van der Waals surface area (Å²) in [6.07, 6.45) is 9.17. The van der Waals surface area contributed by atoms with E-state index in [-0.39, 0.29) is 5.41 Å². The standard InChI is InChI=1S/C13H22O2/c1-10-3-5-11(6-4-10)13(7-2-8-13)9-12(14)15/h10-11H,2-9H2,1H3,(H,14,15). The molecule has 15 heavy (non-hydrogen) atoms. The van der Waals surface area contributed by atoms with Gasteiger partial charge in [0, 0.05) is 0 Å². The monoisotopic (exact) mass is 210 g/mol. The van der Waals surface area contributed by atoms with Crippen molar-refractivity contribution in [3.63, 3.8) is 0 Å². The molecular formula is C13H22O2. The maximum Gasteiger partial charge on any atom is 0.303 e. The molecule has 2 saturated carbocycles. The summed E-state index contributed by atoms with van der Waals surface area (Å²) in [4.78, 5) is 10.9. The molecule has 0 amide bonds. The average molecular weight is 210 g/mol. The number of carboxylic acid groups (broad SMARTS) is 1. The first-order chi connectivity index (χ1) is 7.12. The van der Waals surface area contributed by atoms with Gasteiger partial charge < -0.3 is 5.11 Å². The fraction of sp³-hybridized carbons (Fsp3) is 0.923. The van der Waals surface area contributed by atoms with Crippen molar-refractivity contribution in [3.05, 3.63) is 0 Å². The number of aliphatic carboxylic acids is 1. The van der Waals surface area contributed by atoms with Crippen molar-refractivity contribution < 1.29 is 9.90 Å². The fourth-order valence-electron chi connectivity index (χ4n) is 3.53. The molecule has 0 saturated heterocycles. The van der Waals surface area contributed by atoms with Gasteiger partial charge in [-0.3, -0.25) is 4.79 Å². The Kier molecular flexibility index (Phi) is 3.03. The summed E-state index contributed by atoms with van der Waals surface area (Å²) in [6, 6.07) is 0. The van der Waals surface area contributed by atoms with E-state index < -0.39 is 5.97 Å². The van der Waals surface area contributed by atoms with Gasteiger partial charge in [-0.2, -0.15) is 0 Å². The molecule has 0 heterocycles. The highest BCUT2D eigenvalue weighted by Crippen LogP contribution is 2.54. The number of rotatable bonds is 3. The zero-order chi connectivity index (χ0) is 10.9. The van der Waals surface area contributed by atoms with Crippen LogP contribution in [0.4, 0.5) is 0 Å². The third kappa shape index (κ3) is 2.19. The van der Waals surface area contributed by atoms with E-state index in [1.165, 1.54) is 44.9 Å². The van der Waals surface area contributed by atoms with Gasteiger partial charge in [-0.05, 0) is 42.9 Å². The minimum atomic E-state index is -0.590. The molecule has 0 bridgehead atoms. The Hall–Kier alpha value is -0.530. The van der Waals surface area contributed by atoms with Crippen molar-refractivity contribution in [2.75, 3.05) is 0 Å². The van der Waals surface area contributed by atoms with Gasteiger partial charge in [0.05, 0.1) is 6.42 Å². The van der Waals surface area contributed by atoms with Crippen molar-refractivity contribution in [1.29, 1.82) is 0 Å². The Morgan fingerprint density at radius 3 is 2.27 bits per heavy atom. The average Bonchev–Trinajstić information content (AvgIpc) is 2.13. The first-order valence-electron chi connectivity index (χ1n) is 6.34. The lowest BCUT2D eigenvalue weighted by molar-refractivity contribution is -0.144. The molecule has 0 spiro atoms. The molecule has 0 aromatic carbocycles. The molecule has 2 rings (SSSR count). The maximum absolute atomic E-state index is 10.9. The second-order valence-electron chi connectivity index (χ2n) is 5.74. The highest BCUT2D eigenvalue weighted by atomic mass is 16.4. The van der Waals surface area contributed by atoms with E-state index in [0.717, 1.165) is 5.92 Å². The highest BCUT2D eigenvalue weighted by Gasteiger charge is 2.45. The van der Waals surface area contributed by atoms with Crippen molar-refractivity contribution in [2.24, 2.45) is 17.3 Å². The normalized spacial score (nSPS) is 34.5. The first kappa shape index (κ1) is 11.0. The molecule has 2 heteroatoms. The molecule has 0 radical (unpaired) electrons. The van der Waals surface area contributed by atoms with Crippen LogP contribution in [-0.4, -0.2) is 11.1 Å². The van der Waals surface area contributed by atoms with Crippen molar-refractivity contribution in [3.8, 4) is 0 Å². The zero-order valence-corrected chi connectivity index (χ0v) is 9.67. The van der Waals surface area contributed by atoms with Crippen LogP contribution in [0.15, 0.2) is 0 Å². The molecule has 2 aliphatic rings. The Morgan fingerprint density at radius 1 is 1.27 bits per heavy atom. The van der Waals surface area contributed by atoms with Gasteiger partial charge in [-0.25, -0.2) is 0 Å². The third-order valence-corrected chi connectivity index (χ3v) is 4.73. The van der Waals surface area contributed by atoms with E-state index in [2.05, 4.69) is 6.92 Å². The number of hydrogen-bond donors (Lipinski definition) is 1. The van der Waals surface area contributed by atoms with E-state index in [9.17, 15) is 4.79 Å². The van der Waals surface area contributed by atoms with Crippen molar-refractivity contribution in [1.82, 2.24) is 0 Å². The summed E-state index contributed by atoms with van der Waals surface area (Å²) in [5.41, 5.74) is 0.200. The quantitative estimate of drug-likeness (QED) is 0.774. The summed E-state index contributed by atoms with van der Waals surface area (Å²) in [5, 5.41) is 9.00. The van der Waals surface area contributed by atoms with Crippen LogP contribution in [0.3, 0.4) is 0 Å². The summed E-state index contributed by atoms with van der Waals surface area (Å²) < 4.78 is 0. The minimum absolute atomic E-state index is 0.200. The maximum atomic E-state index is 10.9. The third-order valence-electron chi connectivity index (χ3n) is 4.73. The Bertz CT molecular complexity index is 235. The van der Waals surface area contributed by atoms with Crippen LogP contribution in [0.25, 0.3) is 0 Å². The molecule has 86 valence electrons. The van der Waals surface area contributed by atoms with E-state index in [1.807, 2.05) is 0 Å². The summed E-state index contributed by atoms with van der Waals surface area (Å²) in [5.74, 6) is 0.982. The molecule has 0 aliphatic heterocycles. The molecule has 1 N–H and O–H groups in total. The van der Waals surface area contributed by atoms with Gasteiger partial charge in [0.15, 0.2) is 0 Å². The van der Waals surface area contributed by atoms with E-state index in [4.69, 9.17) is 5.11 Å². The number of carbonyl (C=O) groups is 1. The lowest BCUT2D eigenvalue weighted by Crippen LogP contribution is -2.41. The number of carboxylic acids is 1. The van der Waals surface area contributed by atoms with E-state index in [1.54, 1.807) is 0 Å². The van der Waals surface area contributed by atoms with Crippen LogP contribution >= 0.6 is 0 Å². The molecule has 0 unspecified atom stereocenters. The van der Waals surface area contributed by atoms with E-state index >= 15 is 0 Å². The van der Waals surface area contributed by atoms with Crippen LogP contribution in [0.5, 0.6) is 0 Å². The lowest BCUT2D eigenvalue weighted by Gasteiger charge is -2.49. The largest absolute Gasteiger partial charge is 0.481 e. The second-order valence-corrected chi connectivity index (χ2v) is 5.74. The molecule has 2 fully saturated rings. The Morgan fingerprint density at radius 2 is 1.87 bits per heavy atom. The van der Waals surface area contributed by atoms with Gasteiger partial charge >= 0.3 is 5.97 Å². The molecule has 2 nitrogen and oxygen atoms in total. The van der Waals surface area contributed by atoms with Gasteiger partial charge in [0.2, 0.25) is 0 Å². The second kappa shape index (κ2) is 4.15. The topological polar surface area (TPSA) is 37.3 Å². The summed E-state index contributed by atoms with van der Waals surface area (Å²) >= 11 is 0. The van der Waals surface area contributed by atoms with Crippen molar-refractivity contribution in [2.45, 2.75) is 58.3 Å². The molecular weight excluding hydrogens is 188 g/mol. The van der Waals surface area contributed by atoms with Crippen LogP contribution in [0, 0.1) is 17.3 Å². The molecule has 0 aromatic rings. The predicted molar refractivity (Wildman–Crippen MR) is 59.7 cm³/mol. The summed E-state index contributed by atoms with van der Waals surface area (Å²) in [6.45, 7) is 2.32. The van der Waals surface area contributed by atoms with Crippen molar-refractivity contribution >= 4 is 5.97 Å². The SMILES string of the molecule is CC1CCC(C2(CC(=O)O)CCC2)CC1. The smallest absolute Gasteiger partial charge is 0.303 e. The van der Waals surface area contributed by atoms with Crippen LogP contribution in [0.1, 0.15) is 58.3 Å². The van der Waals surface area contributed by atoms with E-state index in [0.29, 0.717) is 12.3 Å². The Balaban J connectivity index is 1.97. The first-order valence-corrected chi connectivity index (χ1v) is 6.34.